The van der Waals surface area contributed by atoms with Crippen LogP contribution >= 0.6 is 0 Å². The Bertz CT molecular complexity index is 903. The molecule has 0 aliphatic heterocycles. The van der Waals surface area contributed by atoms with Crippen molar-refractivity contribution in [3.8, 4) is 17.2 Å². The number of phenols is 2. The number of aryl methyl sites for hydroxylation is 1. The number of ketones is 1. The molecule has 0 saturated heterocycles. The van der Waals surface area contributed by atoms with Gasteiger partial charge in [0.2, 0.25) is 0 Å². The second kappa shape index (κ2) is 17.9. The Balaban J connectivity index is 1.91. The summed E-state index contributed by atoms with van der Waals surface area (Å²) < 4.78 is 5.57. The number of carbonyl (C=O) groups is 1. The van der Waals surface area contributed by atoms with E-state index in [1.165, 1.54) is 63.9 Å². The fourth-order valence-electron chi connectivity index (χ4n) is 5.03. The van der Waals surface area contributed by atoms with E-state index in [-0.39, 0.29) is 29.6 Å². The fraction of sp³-hybridized carbons (Fsp3) is 0.606. The number of carbonyl (C=O) groups excluding carboxylic acids is 1. The molecule has 0 aliphatic carbocycles. The van der Waals surface area contributed by atoms with Crippen molar-refractivity contribution in [1.29, 1.82) is 0 Å². The molecule has 0 spiro atoms. The molecule has 1 atom stereocenters. The molecule has 0 aromatic heterocycles. The van der Waals surface area contributed by atoms with Gasteiger partial charge in [0, 0.05) is 24.0 Å². The van der Waals surface area contributed by atoms with E-state index in [0.29, 0.717) is 25.0 Å². The lowest BCUT2D eigenvalue weighted by molar-refractivity contribution is -0.122. The molecule has 0 radical (unpaired) electrons. The molecule has 1 unspecified atom stereocenters. The molecular formula is C33H50O4. The van der Waals surface area contributed by atoms with Crippen LogP contribution in [0.3, 0.4) is 0 Å². The molecule has 2 aromatic carbocycles. The average molecular weight is 511 g/mol. The third kappa shape index (κ3) is 11.6. The first-order valence-corrected chi connectivity index (χ1v) is 14.8. The lowest BCUT2D eigenvalue weighted by Gasteiger charge is -2.17. The summed E-state index contributed by atoms with van der Waals surface area (Å²) in [6.45, 7) is 6.82. The molecule has 2 rings (SSSR count). The molecule has 0 saturated carbocycles. The second-order valence-corrected chi connectivity index (χ2v) is 10.4. The molecule has 0 fully saturated rings. The standard InChI is InChI=1S/C33H50O4/c1-4-7-8-9-10-11-12-13-14-15-16-17-28(22-26-18-20-30(21-19-26)37-6-3)31(34)24-29-23-27(5-2)32(35)25-33(29)36/h18-21,23,25,28,35-36H,4-17,22,24H2,1-3H3. The largest absolute Gasteiger partial charge is 0.508 e. The fourth-order valence-corrected chi connectivity index (χ4v) is 5.03. The summed E-state index contributed by atoms with van der Waals surface area (Å²) in [4.78, 5) is 13.4. The van der Waals surface area contributed by atoms with Crippen molar-refractivity contribution in [2.24, 2.45) is 5.92 Å². The number of aromatic hydroxyl groups is 2. The Morgan fingerprint density at radius 1 is 0.757 bits per heavy atom. The lowest BCUT2D eigenvalue weighted by Crippen LogP contribution is -2.20. The van der Waals surface area contributed by atoms with Gasteiger partial charge < -0.3 is 14.9 Å². The first kappa shape index (κ1) is 30.7. The topological polar surface area (TPSA) is 66.8 Å². The summed E-state index contributed by atoms with van der Waals surface area (Å²) in [6.07, 6.45) is 16.6. The van der Waals surface area contributed by atoms with Crippen molar-refractivity contribution in [1.82, 2.24) is 0 Å². The van der Waals surface area contributed by atoms with Crippen LogP contribution in [0.4, 0.5) is 0 Å². The van der Waals surface area contributed by atoms with Crippen LogP contribution in [0.25, 0.3) is 0 Å². The van der Waals surface area contributed by atoms with Gasteiger partial charge in [-0.15, -0.1) is 0 Å². The van der Waals surface area contributed by atoms with Gasteiger partial charge in [-0.1, -0.05) is 96.6 Å². The van der Waals surface area contributed by atoms with Crippen LogP contribution < -0.4 is 4.74 Å². The molecule has 4 nitrogen and oxygen atoms in total. The highest BCUT2D eigenvalue weighted by Gasteiger charge is 2.21. The molecule has 4 heteroatoms. The first-order chi connectivity index (χ1) is 18.0. The van der Waals surface area contributed by atoms with Crippen molar-refractivity contribution in [2.45, 2.75) is 117 Å². The van der Waals surface area contributed by atoms with E-state index in [9.17, 15) is 15.0 Å². The SMILES string of the molecule is CCCCCCCCCCCCCC(Cc1ccc(OCC)cc1)C(=O)Cc1cc(CC)c(O)cc1O. The van der Waals surface area contributed by atoms with E-state index in [1.807, 2.05) is 26.0 Å². The maximum atomic E-state index is 13.4. The second-order valence-electron chi connectivity index (χ2n) is 10.4. The van der Waals surface area contributed by atoms with Crippen molar-refractivity contribution in [2.75, 3.05) is 6.61 Å². The molecule has 37 heavy (non-hydrogen) atoms. The molecule has 2 N–H and O–H groups in total. The quantitative estimate of drug-likeness (QED) is 0.175. The number of rotatable bonds is 20. The number of ether oxygens (including phenoxy) is 1. The first-order valence-electron chi connectivity index (χ1n) is 14.8. The Morgan fingerprint density at radius 3 is 1.89 bits per heavy atom. The third-order valence-corrected chi connectivity index (χ3v) is 7.35. The smallest absolute Gasteiger partial charge is 0.140 e. The van der Waals surface area contributed by atoms with E-state index in [1.54, 1.807) is 6.07 Å². The maximum absolute atomic E-state index is 13.4. The summed E-state index contributed by atoms with van der Waals surface area (Å²) in [5.74, 6) is 1.00. The number of benzene rings is 2. The minimum Gasteiger partial charge on any atom is -0.508 e. The van der Waals surface area contributed by atoms with Gasteiger partial charge in [-0.2, -0.15) is 0 Å². The molecule has 206 valence electrons. The highest BCUT2D eigenvalue weighted by atomic mass is 16.5. The summed E-state index contributed by atoms with van der Waals surface area (Å²) >= 11 is 0. The predicted octanol–water partition coefficient (Wildman–Crippen LogP) is 8.73. The molecule has 0 aliphatic rings. The Labute approximate surface area is 225 Å². The third-order valence-electron chi connectivity index (χ3n) is 7.35. The maximum Gasteiger partial charge on any atom is 0.140 e. The molecule has 0 bridgehead atoms. The summed E-state index contributed by atoms with van der Waals surface area (Å²) in [6, 6.07) is 11.2. The highest BCUT2D eigenvalue weighted by Crippen LogP contribution is 2.30. The zero-order valence-electron chi connectivity index (χ0n) is 23.6. The monoisotopic (exact) mass is 510 g/mol. The van der Waals surface area contributed by atoms with Crippen LogP contribution in [0, 0.1) is 5.92 Å². The predicted molar refractivity (Wildman–Crippen MR) is 154 cm³/mol. The number of phenolic OH excluding ortho intramolecular Hbond substituents is 2. The Kier molecular flexibility index (Phi) is 14.8. The van der Waals surface area contributed by atoms with Gasteiger partial charge in [0.25, 0.3) is 0 Å². The van der Waals surface area contributed by atoms with Crippen LogP contribution in [-0.2, 0) is 24.1 Å². The highest BCUT2D eigenvalue weighted by molar-refractivity contribution is 5.84. The lowest BCUT2D eigenvalue weighted by atomic mass is 9.86. The minimum atomic E-state index is -0.0882. The number of hydrogen-bond acceptors (Lipinski definition) is 4. The average Bonchev–Trinajstić information content (AvgIpc) is 2.89. The van der Waals surface area contributed by atoms with Gasteiger partial charge in [-0.25, -0.2) is 0 Å². The van der Waals surface area contributed by atoms with Crippen molar-refractivity contribution >= 4 is 5.78 Å². The summed E-state index contributed by atoms with van der Waals surface area (Å²) in [5.41, 5.74) is 2.50. The zero-order valence-corrected chi connectivity index (χ0v) is 23.6. The van der Waals surface area contributed by atoms with Crippen LogP contribution in [0.5, 0.6) is 17.2 Å². The molecular weight excluding hydrogens is 460 g/mol. The normalized spacial score (nSPS) is 12.0. The minimum absolute atomic E-state index is 0.00226. The van der Waals surface area contributed by atoms with E-state index in [0.717, 1.165) is 36.1 Å². The van der Waals surface area contributed by atoms with Gasteiger partial charge in [-0.3, -0.25) is 4.79 Å². The van der Waals surface area contributed by atoms with Gasteiger partial charge in [0.1, 0.15) is 23.0 Å². The molecule has 0 amide bonds. The molecule has 0 heterocycles. The van der Waals surface area contributed by atoms with Crippen LogP contribution in [-0.4, -0.2) is 22.6 Å². The number of hydrogen-bond donors (Lipinski definition) is 2. The number of unbranched alkanes of at least 4 members (excludes halogenated alkanes) is 10. The zero-order chi connectivity index (χ0) is 26.9. The Hall–Kier alpha value is -2.49. The van der Waals surface area contributed by atoms with E-state index < -0.39 is 0 Å². The Morgan fingerprint density at radius 2 is 1.32 bits per heavy atom. The van der Waals surface area contributed by atoms with E-state index in [2.05, 4.69) is 19.1 Å². The molecule has 2 aromatic rings. The van der Waals surface area contributed by atoms with Gasteiger partial charge in [0.05, 0.1) is 6.61 Å². The summed E-state index contributed by atoms with van der Waals surface area (Å²) in [5, 5.41) is 20.4. The van der Waals surface area contributed by atoms with Crippen molar-refractivity contribution < 1.29 is 19.7 Å². The number of Topliss-reactive ketones (excluding diaryl/α,β-unsaturated/α-hetero) is 1. The van der Waals surface area contributed by atoms with Gasteiger partial charge in [-0.05, 0) is 55.5 Å². The van der Waals surface area contributed by atoms with E-state index >= 15 is 0 Å². The van der Waals surface area contributed by atoms with E-state index in [4.69, 9.17) is 4.74 Å². The van der Waals surface area contributed by atoms with Crippen LogP contribution in [0.2, 0.25) is 0 Å². The van der Waals surface area contributed by atoms with Gasteiger partial charge in [0.15, 0.2) is 0 Å². The summed E-state index contributed by atoms with van der Waals surface area (Å²) in [7, 11) is 0. The van der Waals surface area contributed by atoms with Crippen LogP contribution in [0.15, 0.2) is 36.4 Å². The van der Waals surface area contributed by atoms with Crippen molar-refractivity contribution in [3.05, 3.63) is 53.1 Å². The van der Waals surface area contributed by atoms with Crippen molar-refractivity contribution in [3.63, 3.8) is 0 Å². The van der Waals surface area contributed by atoms with Crippen LogP contribution in [0.1, 0.15) is 115 Å². The van der Waals surface area contributed by atoms with Gasteiger partial charge >= 0.3 is 0 Å².